The molecule has 8 nitrogen and oxygen atoms in total. The number of aromatic nitrogens is 3. The highest BCUT2D eigenvalue weighted by molar-refractivity contribution is 6.30. The molecule has 9 heteroatoms. The Hall–Kier alpha value is -3.39. The van der Waals surface area contributed by atoms with Gasteiger partial charge in [0.05, 0.1) is 0 Å². The molecule has 30 heavy (non-hydrogen) atoms. The Kier molecular flexibility index (Phi) is 6.37. The Labute approximate surface area is 179 Å². The number of rotatable bonds is 7. The zero-order valence-corrected chi connectivity index (χ0v) is 17.6. The molecule has 2 aromatic carbocycles. The molecule has 3 aromatic rings. The van der Waals surface area contributed by atoms with E-state index in [2.05, 4.69) is 20.7 Å². The van der Waals surface area contributed by atoms with E-state index in [9.17, 15) is 9.59 Å². The molecule has 0 aliphatic rings. The number of hydrogen-bond acceptors (Lipinski definition) is 5. The van der Waals surface area contributed by atoms with Crippen molar-refractivity contribution in [1.29, 1.82) is 0 Å². The molecule has 0 fully saturated rings. The summed E-state index contributed by atoms with van der Waals surface area (Å²) in [5.41, 5.74) is 0.0743. The molecule has 2 amide bonds. The summed E-state index contributed by atoms with van der Waals surface area (Å²) in [6.07, 6.45) is 2.86. The summed E-state index contributed by atoms with van der Waals surface area (Å²) in [6.45, 7) is 5.08. The fourth-order valence-electron chi connectivity index (χ4n) is 2.55. The Morgan fingerprint density at radius 3 is 2.20 bits per heavy atom. The van der Waals surface area contributed by atoms with Crippen LogP contribution >= 0.6 is 11.6 Å². The highest BCUT2D eigenvalue weighted by Crippen LogP contribution is 2.23. The zero-order valence-electron chi connectivity index (χ0n) is 16.8. The smallest absolute Gasteiger partial charge is 0.267 e. The molecule has 0 saturated heterocycles. The first-order valence-electron chi connectivity index (χ1n) is 9.26. The standard InChI is InChI=1S/C21H22ClN5O3/c1-14(27-13-23-12-24-27)19(28)25-16-6-8-17(9-7-16)26-20(29)21(2,3)30-18-10-4-15(22)5-11-18/h4-14H,1-3H3,(H,25,28)(H,26,29)/t14-/m1/s1. The second-order valence-corrected chi connectivity index (χ2v) is 7.57. The van der Waals surface area contributed by atoms with E-state index in [1.807, 2.05) is 0 Å². The van der Waals surface area contributed by atoms with Gasteiger partial charge in [-0.2, -0.15) is 5.10 Å². The molecule has 156 valence electrons. The first-order chi connectivity index (χ1) is 14.2. The van der Waals surface area contributed by atoms with E-state index in [4.69, 9.17) is 16.3 Å². The monoisotopic (exact) mass is 427 g/mol. The lowest BCUT2D eigenvalue weighted by Crippen LogP contribution is -2.42. The molecule has 0 bridgehead atoms. The molecule has 1 aromatic heterocycles. The zero-order chi connectivity index (χ0) is 21.7. The van der Waals surface area contributed by atoms with Gasteiger partial charge in [-0.3, -0.25) is 9.59 Å². The van der Waals surface area contributed by atoms with Crippen LogP contribution in [-0.2, 0) is 9.59 Å². The molecule has 1 atom stereocenters. The van der Waals surface area contributed by atoms with Crippen LogP contribution in [0.1, 0.15) is 26.8 Å². The topological polar surface area (TPSA) is 98.1 Å². The lowest BCUT2D eigenvalue weighted by molar-refractivity contribution is -0.128. The number of carbonyl (C=O) groups is 2. The second kappa shape index (κ2) is 8.96. The Bertz CT molecular complexity index is 1000. The van der Waals surface area contributed by atoms with Crippen molar-refractivity contribution in [2.45, 2.75) is 32.4 Å². The van der Waals surface area contributed by atoms with Gasteiger partial charge in [0.25, 0.3) is 5.91 Å². The fourth-order valence-corrected chi connectivity index (χ4v) is 2.67. The van der Waals surface area contributed by atoms with E-state index >= 15 is 0 Å². The Balaban J connectivity index is 1.58. The summed E-state index contributed by atoms with van der Waals surface area (Å²) in [5, 5.41) is 10.2. The minimum absolute atomic E-state index is 0.227. The van der Waals surface area contributed by atoms with Crippen molar-refractivity contribution in [1.82, 2.24) is 14.8 Å². The van der Waals surface area contributed by atoms with Crippen LogP contribution in [0.5, 0.6) is 5.75 Å². The van der Waals surface area contributed by atoms with Crippen LogP contribution in [0.15, 0.2) is 61.2 Å². The maximum absolute atomic E-state index is 12.6. The predicted octanol–water partition coefficient (Wildman–Crippen LogP) is 3.93. The Morgan fingerprint density at radius 2 is 1.63 bits per heavy atom. The van der Waals surface area contributed by atoms with Crippen molar-refractivity contribution in [2.24, 2.45) is 0 Å². The first-order valence-corrected chi connectivity index (χ1v) is 9.63. The Morgan fingerprint density at radius 1 is 1.03 bits per heavy atom. The van der Waals surface area contributed by atoms with Gasteiger partial charge in [-0.15, -0.1) is 0 Å². The predicted molar refractivity (Wildman–Crippen MR) is 115 cm³/mol. The van der Waals surface area contributed by atoms with Gasteiger partial charge in [0.2, 0.25) is 5.91 Å². The van der Waals surface area contributed by atoms with Gasteiger partial charge in [-0.05, 0) is 69.3 Å². The van der Waals surface area contributed by atoms with Crippen LogP contribution < -0.4 is 15.4 Å². The number of carbonyl (C=O) groups excluding carboxylic acids is 2. The average molecular weight is 428 g/mol. The van der Waals surface area contributed by atoms with Gasteiger partial charge < -0.3 is 15.4 Å². The summed E-state index contributed by atoms with van der Waals surface area (Å²) < 4.78 is 7.25. The highest BCUT2D eigenvalue weighted by Gasteiger charge is 2.30. The largest absolute Gasteiger partial charge is 0.478 e. The van der Waals surface area contributed by atoms with Crippen LogP contribution in [0.2, 0.25) is 5.02 Å². The van der Waals surface area contributed by atoms with E-state index in [-0.39, 0.29) is 11.8 Å². The van der Waals surface area contributed by atoms with Gasteiger partial charge in [0.1, 0.15) is 24.4 Å². The van der Waals surface area contributed by atoms with Crippen molar-refractivity contribution in [3.05, 3.63) is 66.2 Å². The highest BCUT2D eigenvalue weighted by atomic mass is 35.5. The molecule has 0 saturated carbocycles. The number of nitrogens with one attached hydrogen (secondary N) is 2. The molecular formula is C21H22ClN5O3. The molecule has 3 rings (SSSR count). The number of hydrogen-bond donors (Lipinski definition) is 2. The number of amides is 2. The van der Waals surface area contributed by atoms with Gasteiger partial charge in [-0.1, -0.05) is 11.6 Å². The maximum Gasteiger partial charge on any atom is 0.267 e. The molecule has 0 unspecified atom stereocenters. The third-order valence-corrected chi connectivity index (χ3v) is 4.61. The van der Waals surface area contributed by atoms with E-state index in [0.29, 0.717) is 22.1 Å². The SMILES string of the molecule is C[C@H](C(=O)Nc1ccc(NC(=O)C(C)(C)Oc2ccc(Cl)cc2)cc1)n1cncn1. The quantitative estimate of drug-likeness (QED) is 0.595. The molecule has 0 spiro atoms. The van der Waals surface area contributed by atoms with Crippen LogP contribution in [0.3, 0.4) is 0 Å². The summed E-state index contributed by atoms with van der Waals surface area (Å²) >= 11 is 5.87. The van der Waals surface area contributed by atoms with Crippen molar-refractivity contribution in [3.8, 4) is 5.75 Å². The van der Waals surface area contributed by atoms with Crippen molar-refractivity contribution >= 4 is 34.8 Å². The van der Waals surface area contributed by atoms with E-state index < -0.39 is 11.6 Å². The van der Waals surface area contributed by atoms with Gasteiger partial charge in [0, 0.05) is 16.4 Å². The maximum atomic E-state index is 12.6. The van der Waals surface area contributed by atoms with Gasteiger partial charge in [0.15, 0.2) is 5.60 Å². The summed E-state index contributed by atoms with van der Waals surface area (Å²) in [7, 11) is 0. The average Bonchev–Trinajstić information content (AvgIpc) is 3.25. The number of benzene rings is 2. The number of halogens is 1. The van der Waals surface area contributed by atoms with Crippen LogP contribution in [0.25, 0.3) is 0 Å². The van der Waals surface area contributed by atoms with Crippen molar-refractivity contribution < 1.29 is 14.3 Å². The van der Waals surface area contributed by atoms with E-state index in [1.54, 1.807) is 69.3 Å². The van der Waals surface area contributed by atoms with Crippen LogP contribution in [-0.4, -0.2) is 32.2 Å². The van der Waals surface area contributed by atoms with Crippen LogP contribution in [0, 0.1) is 0 Å². The number of ether oxygens (including phenoxy) is 1. The number of anilines is 2. The van der Waals surface area contributed by atoms with E-state index in [0.717, 1.165) is 0 Å². The molecular weight excluding hydrogens is 406 g/mol. The number of nitrogens with zero attached hydrogens (tertiary/aromatic N) is 3. The minimum atomic E-state index is -1.10. The fraction of sp³-hybridized carbons (Fsp3) is 0.238. The van der Waals surface area contributed by atoms with Crippen LogP contribution in [0.4, 0.5) is 11.4 Å². The normalized spacial score (nSPS) is 12.1. The molecule has 2 N–H and O–H groups in total. The van der Waals surface area contributed by atoms with Gasteiger partial charge in [-0.25, -0.2) is 9.67 Å². The molecule has 0 radical (unpaired) electrons. The third kappa shape index (κ3) is 5.36. The van der Waals surface area contributed by atoms with Gasteiger partial charge >= 0.3 is 0 Å². The molecule has 0 aliphatic heterocycles. The first kappa shape index (κ1) is 21.3. The lowest BCUT2D eigenvalue weighted by Gasteiger charge is -2.25. The molecule has 1 heterocycles. The van der Waals surface area contributed by atoms with Crippen molar-refractivity contribution in [3.63, 3.8) is 0 Å². The minimum Gasteiger partial charge on any atom is -0.478 e. The lowest BCUT2D eigenvalue weighted by atomic mass is 10.1. The third-order valence-electron chi connectivity index (χ3n) is 4.36. The molecule has 0 aliphatic carbocycles. The summed E-state index contributed by atoms with van der Waals surface area (Å²) in [6, 6.07) is 13.1. The van der Waals surface area contributed by atoms with Crippen molar-refractivity contribution in [2.75, 3.05) is 10.6 Å². The van der Waals surface area contributed by atoms with E-state index in [1.165, 1.54) is 17.3 Å². The second-order valence-electron chi connectivity index (χ2n) is 7.14. The summed E-state index contributed by atoms with van der Waals surface area (Å²) in [4.78, 5) is 28.8. The summed E-state index contributed by atoms with van der Waals surface area (Å²) in [5.74, 6) is 0.00272.